The third-order valence-electron chi connectivity index (χ3n) is 7.92. The maximum Gasteiger partial charge on any atom is 0.321 e. The number of ketones is 1. The van der Waals surface area contributed by atoms with Crippen molar-refractivity contribution in [2.24, 2.45) is 17.6 Å². The molecule has 2 heterocycles. The van der Waals surface area contributed by atoms with Gasteiger partial charge >= 0.3 is 17.9 Å². The number of sulfonamides is 1. The molecule has 2 saturated heterocycles. The largest absolute Gasteiger partial charge is 0.480 e. The monoisotopic (exact) mass is 668 g/mol. The Morgan fingerprint density at radius 3 is 1.85 bits per heavy atom. The number of aliphatic carboxylic acids is 1. The molecule has 0 aliphatic carbocycles. The zero-order valence-corrected chi connectivity index (χ0v) is 28.3. The number of carboxylic acids is 1. The molecule has 3 atom stereocenters. The number of aryl methyl sites for hydroxylation is 1. The summed E-state index contributed by atoms with van der Waals surface area (Å²) in [5, 5.41) is 9.07. The van der Waals surface area contributed by atoms with Gasteiger partial charge in [0.15, 0.2) is 5.78 Å². The Kier molecular flexibility index (Phi) is 17.4. The first-order chi connectivity index (χ1) is 21.9. The Morgan fingerprint density at radius 1 is 0.913 bits per heavy atom. The Hall–Kier alpha value is -2.91. The predicted octanol–water partition coefficient (Wildman–Crippen LogP) is 1.96. The lowest BCUT2D eigenvalue weighted by molar-refractivity contribution is -0.150. The Labute approximate surface area is 273 Å². The molecule has 2 fully saturated rings. The lowest BCUT2D eigenvalue weighted by Gasteiger charge is -2.33. The summed E-state index contributed by atoms with van der Waals surface area (Å²) in [6.45, 7) is 10.3. The van der Waals surface area contributed by atoms with E-state index in [4.69, 9.17) is 20.3 Å². The third kappa shape index (κ3) is 13.8. The standard InChI is InChI=1S/C19H32N2O5.C13H20N2O4S/c1-3-25-18(23)15-7-5-9-20(11-15)13-17(22)14-21-10-6-8-16(12-21)19(24)26-4-2;1-10-5-7-11(8-6-10)20(18,19)15-12(13(16)17)4-2-3-9-14/h15-16H,3-14H2,1-2H3;5-8,12,15H,2-4,9,14H2,1H3,(H,16,17)/t;12-/m.0/s1. The number of Topliss-reactive ketones (excluding diaryl/α,β-unsaturated/α-hetero) is 1. The summed E-state index contributed by atoms with van der Waals surface area (Å²) >= 11 is 0. The van der Waals surface area contributed by atoms with Crippen molar-refractivity contribution in [1.29, 1.82) is 0 Å². The highest BCUT2D eigenvalue weighted by molar-refractivity contribution is 7.89. The topological polar surface area (TPSA) is 186 Å². The molecule has 46 heavy (non-hydrogen) atoms. The highest BCUT2D eigenvalue weighted by Gasteiger charge is 2.30. The van der Waals surface area contributed by atoms with Crippen LogP contribution in [0.15, 0.2) is 29.2 Å². The van der Waals surface area contributed by atoms with Crippen molar-refractivity contribution in [3.63, 3.8) is 0 Å². The number of nitrogens with zero attached hydrogens (tertiary/aromatic N) is 2. The quantitative estimate of drug-likeness (QED) is 0.172. The van der Waals surface area contributed by atoms with Gasteiger partial charge in [-0.25, -0.2) is 8.42 Å². The van der Waals surface area contributed by atoms with E-state index < -0.39 is 22.0 Å². The van der Waals surface area contributed by atoms with Crippen LogP contribution < -0.4 is 10.5 Å². The number of hydrogen-bond donors (Lipinski definition) is 3. The van der Waals surface area contributed by atoms with E-state index in [0.717, 1.165) is 44.3 Å². The molecule has 0 radical (unpaired) electrons. The summed E-state index contributed by atoms with van der Waals surface area (Å²) in [7, 11) is -3.82. The van der Waals surface area contributed by atoms with Gasteiger partial charge in [-0.15, -0.1) is 0 Å². The first-order valence-electron chi connectivity index (χ1n) is 16.2. The minimum atomic E-state index is -3.82. The zero-order valence-electron chi connectivity index (χ0n) is 27.4. The highest BCUT2D eigenvalue weighted by Crippen LogP contribution is 2.20. The fourth-order valence-electron chi connectivity index (χ4n) is 5.55. The van der Waals surface area contributed by atoms with Crippen molar-refractivity contribution in [3.8, 4) is 0 Å². The molecule has 13 nitrogen and oxygen atoms in total. The summed E-state index contributed by atoms with van der Waals surface area (Å²) in [6.07, 6.45) is 4.92. The number of nitrogens with one attached hydrogen (secondary N) is 1. The van der Waals surface area contributed by atoms with Crippen LogP contribution in [-0.4, -0.2) is 112 Å². The molecule has 2 aliphatic rings. The van der Waals surface area contributed by atoms with Gasteiger partial charge in [0.25, 0.3) is 0 Å². The molecule has 0 bridgehead atoms. The molecular weight excluding hydrogens is 616 g/mol. The molecule has 2 aliphatic heterocycles. The number of likely N-dealkylation sites (tertiary alicyclic amines) is 2. The van der Waals surface area contributed by atoms with Gasteiger partial charge in [0.2, 0.25) is 10.0 Å². The van der Waals surface area contributed by atoms with Crippen LogP contribution in [-0.2, 0) is 38.7 Å². The molecule has 3 rings (SSSR count). The van der Waals surface area contributed by atoms with Crippen molar-refractivity contribution in [2.45, 2.75) is 76.7 Å². The van der Waals surface area contributed by atoms with Gasteiger partial charge < -0.3 is 20.3 Å². The Balaban J connectivity index is 0.000000332. The van der Waals surface area contributed by atoms with E-state index in [1.807, 2.05) is 20.8 Å². The second-order valence-corrected chi connectivity index (χ2v) is 13.5. The van der Waals surface area contributed by atoms with Crippen LogP contribution in [0.25, 0.3) is 0 Å². The van der Waals surface area contributed by atoms with Crippen LogP contribution in [0.4, 0.5) is 0 Å². The van der Waals surface area contributed by atoms with Crippen LogP contribution in [0.3, 0.4) is 0 Å². The van der Waals surface area contributed by atoms with Gasteiger partial charge in [-0.3, -0.25) is 29.0 Å². The smallest absolute Gasteiger partial charge is 0.321 e. The number of carbonyl (C=O) groups excluding carboxylic acids is 3. The maximum atomic E-state index is 12.5. The molecule has 260 valence electrons. The fraction of sp³-hybridized carbons (Fsp3) is 0.688. The molecule has 0 aromatic heterocycles. The van der Waals surface area contributed by atoms with Crippen molar-refractivity contribution in [3.05, 3.63) is 29.8 Å². The summed E-state index contributed by atoms with van der Waals surface area (Å²) in [5.74, 6) is -1.60. The molecule has 0 spiro atoms. The first-order valence-corrected chi connectivity index (χ1v) is 17.7. The third-order valence-corrected chi connectivity index (χ3v) is 9.41. The van der Waals surface area contributed by atoms with Gasteiger partial charge in [-0.1, -0.05) is 24.1 Å². The van der Waals surface area contributed by atoms with Crippen LogP contribution in [0.5, 0.6) is 0 Å². The lowest BCUT2D eigenvalue weighted by Crippen LogP contribution is -2.46. The molecule has 1 aromatic carbocycles. The molecular formula is C32H52N4O9S. The lowest BCUT2D eigenvalue weighted by atomic mass is 9.97. The van der Waals surface area contributed by atoms with Crippen molar-refractivity contribution in [2.75, 3.05) is 59.0 Å². The second-order valence-electron chi connectivity index (χ2n) is 11.8. The van der Waals surface area contributed by atoms with E-state index in [-0.39, 0.29) is 40.9 Å². The molecule has 0 amide bonds. The van der Waals surface area contributed by atoms with E-state index in [1.54, 1.807) is 12.1 Å². The number of esters is 2. The summed E-state index contributed by atoms with van der Waals surface area (Å²) in [4.78, 5) is 51.6. The number of nitrogens with two attached hydrogens (primary N) is 1. The summed E-state index contributed by atoms with van der Waals surface area (Å²) in [5.41, 5.74) is 6.27. The number of rotatable bonds is 16. The predicted molar refractivity (Wildman–Crippen MR) is 172 cm³/mol. The number of ether oxygens (including phenoxy) is 2. The van der Waals surface area contributed by atoms with E-state index >= 15 is 0 Å². The Morgan fingerprint density at radius 2 is 1.41 bits per heavy atom. The Bertz CT molecular complexity index is 1180. The van der Waals surface area contributed by atoms with Gasteiger partial charge in [-0.2, -0.15) is 4.72 Å². The van der Waals surface area contributed by atoms with E-state index in [9.17, 15) is 27.6 Å². The SMILES string of the molecule is CCOC(=O)C1CCCN(CC(=O)CN2CCCC(C(=O)OCC)C2)C1.Cc1ccc(S(=O)(=O)N[C@@H](CCCCN)C(=O)O)cc1. The summed E-state index contributed by atoms with van der Waals surface area (Å²) < 4.78 is 36.6. The van der Waals surface area contributed by atoms with Crippen LogP contribution in [0.1, 0.15) is 64.4 Å². The molecule has 1 aromatic rings. The molecule has 2 unspecified atom stereocenters. The minimum Gasteiger partial charge on any atom is -0.480 e. The number of unbranched alkanes of at least 4 members (excludes halogenated alkanes) is 1. The molecule has 0 saturated carbocycles. The fourth-order valence-corrected chi connectivity index (χ4v) is 6.77. The van der Waals surface area contributed by atoms with Gasteiger partial charge in [0.05, 0.1) is 43.0 Å². The highest BCUT2D eigenvalue weighted by atomic mass is 32.2. The van der Waals surface area contributed by atoms with Gasteiger partial charge in [0, 0.05) is 13.1 Å². The van der Waals surface area contributed by atoms with E-state index in [1.165, 1.54) is 12.1 Å². The number of carbonyl (C=O) groups is 4. The van der Waals surface area contributed by atoms with Crippen LogP contribution in [0.2, 0.25) is 0 Å². The molecule has 14 heteroatoms. The normalized spacial score (nSPS) is 19.7. The first kappa shape index (κ1) is 39.3. The number of hydrogen-bond acceptors (Lipinski definition) is 11. The van der Waals surface area contributed by atoms with Gasteiger partial charge in [-0.05, 0) is 91.1 Å². The van der Waals surface area contributed by atoms with Crippen molar-refractivity contribution in [1.82, 2.24) is 14.5 Å². The summed E-state index contributed by atoms with van der Waals surface area (Å²) in [6, 6.07) is 5.11. The molecule has 4 N–H and O–H groups in total. The minimum absolute atomic E-state index is 0.0631. The zero-order chi connectivity index (χ0) is 34.1. The maximum absolute atomic E-state index is 12.5. The second kappa shape index (κ2) is 20.4. The number of benzene rings is 1. The van der Waals surface area contributed by atoms with Crippen molar-refractivity contribution >= 4 is 33.7 Å². The van der Waals surface area contributed by atoms with Crippen molar-refractivity contribution < 1.29 is 42.2 Å². The van der Waals surface area contributed by atoms with E-state index in [2.05, 4.69) is 14.5 Å². The van der Waals surface area contributed by atoms with Crippen LogP contribution in [0, 0.1) is 18.8 Å². The van der Waals surface area contributed by atoms with Gasteiger partial charge in [0.1, 0.15) is 6.04 Å². The van der Waals surface area contributed by atoms with E-state index in [0.29, 0.717) is 58.8 Å². The average Bonchev–Trinajstić information content (AvgIpc) is 3.01. The number of carboxylic acid groups (broad SMARTS) is 1. The average molecular weight is 669 g/mol. The number of piperidine rings is 2. The van der Waals surface area contributed by atoms with Crippen LogP contribution >= 0.6 is 0 Å².